The van der Waals surface area contributed by atoms with Crippen molar-refractivity contribution in [3.05, 3.63) is 36.5 Å². The molecule has 0 bridgehead atoms. The fourth-order valence-corrected chi connectivity index (χ4v) is 3.59. The zero-order valence-electron chi connectivity index (χ0n) is 17.5. The second-order valence-corrected chi connectivity index (χ2v) is 7.48. The van der Waals surface area contributed by atoms with Crippen molar-refractivity contribution in [3.63, 3.8) is 0 Å². The largest absolute Gasteiger partial charge is 0.454 e. The summed E-state index contributed by atoms with van der Waals surface area (Å²) in [5.74, 6) is 1.11. The number of esters is 1. The summed E-state index contributed by atoms with van der Waals surface area (Å²) in [7, 11) is 0. The molecular formula is C21H26N6O3. The molecule has 9 nitrogen and oxygen atoms in total. The lowest BCUT2D eigenvalue weighted by Gasteiger charge is -2.39. The molecule has 1 saturated heterocycles. The third-order valence-electron chi connectivity index (χ3n) is 5.16. The Morgan fingerprint density at radius 2 is 2.17 bits per heavy atom. The van der Waals surface area contributed by atoms with E-state index in [-0.39, 0.29) is 12.0 Å². The van der Waals surface area contributed by atoms with Gasteiger partial charge in [-0.15, -0.1) is 0 Å². The quantitative estimate of drug-likeness (QED) is 0.568. The van der Waals surface area contributed by atoms with Crippen LogP contribution in [0, 0.1) is 0 Å². The van der Waals surface area contributed by atoms with E-state index in [4.69, 9.17) is 9.15 Å². The van der Waals surface area contributed by atoms with Crippen LogP contribution >= 0.6 is 0 Å². The van der Waals surface area contributed by atoms with E-state index in [0.717, 1.165) is 37.4 Å². The highest BCUT2D eigenvalue weighted by molar-refractivity contribution is 5.73. The predicted octanol–water partition coefficient (Wildman–Crippen LogP) is 3.13. The maximum atomic E-state index is 11.8. The van der Waals surface area contributed by atoms with Crippen molar-refractivity contribution in [2.75, 3.05) is 29.4 Å². The Balaban J connectivity index is 1.44. The van der Waals surface area contributed by atoms with Gasteiger partial charge < -0.3 is 19.0 Å². The summed E-state index contributed by atoms with van der Waals surface area (Å²) in [6.45, 7) is 8.16. The molecule has 0 aromatic carbocycles. The molecule has 30 heavy (non-hydrogen) atoms. The van der Waals surface area contributed by atoms with Gasteiger partial charge in [0.1, 0.15) is 11.3 Å². The van der Waals surface area contributed by atoms with Gasteiger partial charge in [-0.2, -0.15) is 4.98 Å². The van der Waals surface area contributed by atoms with Gasteiger partial charge in [0.15, 0.2) is 17.5 Å². The molecule has 9 heteroatoms. The van der Waals surface area contributed by atoms with Gasteiger partial charge in [-0.3, -0.25) is 9.78 Å². The highest BCUT2D eigenvalue weighted by Crippen LogP contribution is 2.26. The molecule has 3 aromatic rings. The summed E-state index contributed by atoms with van der Waals surface area (Å²) < 4.78 is 11.3. The number of hydrogen-bond donors (Lipinski definition) is 0. The van der Waals surface area contributed by atoms with Crippen LogP contribution in [0.25, 0.3) is 11.1 Å². The summed E-state index contributed by atoms with van der Waals surface area (Å²) in [5.41, 5.74) is 1.50. The standard InChI is InChI=1S/C21H26N6O3/c1-4-5-19(28)29-15(3)20-23-9-7-18(25-20)26-10-11-27(14(2)13-26)21-24-16-6-8-22-12-17(16)30-21/h6-9,12,14-15H,4-5,10-11,13H2,1-3H3/t14-,15+/m0/s1. The molecule has 0 aliphatic carbocycles. The highest BCUT2D eigenvalue weighted by atomic mass is 16.5. The number of hydrogen-bond acceptors (Lipinski definition) is 9. The summed E-state index contributed by atoms with van der Waals surface area (Å²) in [6.07, 6.45) is 5.79. The minimum Gasteiger partial charge on any atom is -0.454 e. The van der Waals surface area contributed by atoms with E-state index in [0.29, 0.717) is 23.8 Å². The summed E-state index contributed by atoms with van der Waals surface area (Å²) >= 11 is 0. The van der Waals surface area contributed by atoms with Crippen molar-refractivity contribution >= 4 is 28.9 Å². The van der Waals surface area contributed by atoms with E-state index in [1.807, 2.05) is 19.1 Å². The number of anilines is 2. The van der Waals surface area contributed by atoms with E-state index in [1.54, 1.807) is 25.5 Å². The molecule has 0 unspecified atom stereocenters. The van der Waals surface area contributed by atoms with Crippen molar-refractivity contribution in [2.45, 2.75) is 45.8 Å². The molecule has 0 radical (unpaired) electrons. The normalized spacial score (nSPS) is 17.9. The number of fused-ring (bicyclic) bond motifs is 1. The molecule has 1 aliphatic heterocycles. The average Bonchev–Trinajstić information content (AvgIpc) is 3.17. The molecule has 1 fully saturated rings. The third-order valence-corrected chi connectivity index (χ3v) is 5.16. The van der Waals surface area contributed by atoms with Crippen molar-refractivity contribution < 1.29 is 13.9 Å². The van der Waals surface area contributed by atoms with Gasteiger partial charge in [-0.05, 0) is 32.4 Å². The topological polar surface area (TPSA) is 97.5 Å². The Labute approximate surface area is 175 Å². The van der Waals surface area contributed by atoms with Crippen molar-refractivity contribution in [3.8, 4) is 0 Å². The van der Waals surface area contributed by atoms with Crippen molar-refractivity contribution in [2.24, 2.45) is 0 Å². The van der Waals surface area contributed by atoms with E-state index in [2.05, 4.69) is 36.7 Å². The Morgan fingerprint density at radius 1 is 1.30 bits per heavy atom. The Bertz CT molecular complexity index is 990. The average molecular weight is 410 g/mol. The highest BCUT2D eigenvalue weighted by Gasteiger charge is 2.28. The van der Waals surface area contributed by atoms with Gasteiger partial charge in [0, 0.05) is 44.5 Å². The van der Waals surface area contributed by atoms with Crippen LogP contribution in [0.1, 0.15) is 45.5 Å². The van der Waals surface area contributed by atoms with Gasteiger partial charge >= 0.3 is 5.97 Å². The predicted molar refractivity (Wildman–Crippen MR) is 112 cm³/mol. The van der Waals surface area contributed by atoms with Crippen LogP contribution in [-0.4, -0.2) is 51.6 Å². The maximum absolute atomic E-state index is 11.8. The van der Waals surface area contributed by atoms with Crippen LogP contribution < -0.4 is 9.80 Å². The number of oxazole rings is 1. The lowest BCUT2D eigenvalue weighted by atomic mass is 10.2. The van der Waals surface area contributed by atoms with Gasteiger partial charge in [0.25, 0.3) is 6.01 Å². The number of piperazine rings is 1. The summed E-state index contributed by atoms with van der Waals surface area (Å²) in [4.78, 5) is 33.8. The number of pyridine rings is 1. The number of carbonyl (C=O) groups excluding carboxylic acids is 1. The first-order chi connectivity index (χ1) is 14.5. The second-order valence-electron chi connectivity index (χ2n) is 7.48. The van der Waals surface area contributed by atoms with Gasteiger partial charge in [-0.1, -0.05) is 6.92 Å². The molecule has 2 atom stereocenters. The van der Waals surface area contributed by atoms with Crippen LogP contribution in [0.2, 0.25) is 0 Å². The van der Waals surface area contributed by atoms with Gasteiger partial charge in [0.05, 0.1) is 6.20 Å². The minimum atomic E-state index is -0.476. The number of rotatable bonds is 6. The summed E-state index contributed by atoms with van der Waals surface area (Å²) in [6, 6.07) is 4.53. The molecule has 4 heterocycles. The second kappa shape index (κ2) is 8.64. The molecule has 0 saturated carbocycles. The molecule has 0 spiro atoms. The Morgan fingerprint density at radius 3 is 2.93 bits per heavy atom. The molecule has 0 N–H and O–H groups in total. The van der Waals surface area contributed by atoms with Crippen molar-refractivity contribution in [1.82, 2.24) is 19.9 Å². The smallest absolute Gasteiger partial charge is 0.306 e. The number of carbonyl (C=O) groups is 1. The van der Waals surface area contributed by atoms with E-state index >= 15 is 0 Å². The molecule has 3 aromatic heterocycles. The summed E-state index contributed by atoms with van der Waals surface area (Å²) in [5, 5.41) is 0. The van der Waals surface area contributed by atoms with Crippen LogP contribution in [0.3, 0.4) is 0 Å². The monoisotopic (exact) mass is 410 g/mol. The molecular weight excluding hydrogens is 384 g/mol. The minimum absolute atomic E-state index is 0.179. The number of aromatic nitrogens is 4. The molecule has 4 rings (SSSR count). The van der Waals surface area contributed by atoms with Gasteiger partial charge in [0.2, 0.25) is 0 Å². The van der Waals surface area contributed by atoms with E-state index < -0.39 is 6.10 Å². The van der Waals surface area contributed by atoms with Crippen molar-refractivity contribution in [1.29, 1.82) is 0 Å². The first kappa shape index (κ1) is 20.1. The molecule has 158 valence electrons. The lowest BCUT2D eigenvalue weighted by Crippen LogP contribution is -2.52. The first-order valence-electron chi connectivity index (χ1n) is 10.3. The fraction of sp³-hybridized carbons (Fsp3) is 0.476. The third kappa shape index (κ3) is 4.19. The number of ether oxygens (including phenoxy) is 1. The number of nitrogens with zero attached hydrogens (tertiary/aromatic N) is 6. The van der Waals surface area contributed by atoms with E-state index in [9.17, 15) is 4.79 Å². The van der Waals surface area contributed by atoms with Crippen LogP contribution in [-0.2, 0) is 9.53 Å². The van der Waals surface area contributed by atoms with E-state index in [1.165, 1.54) is 0 Å². The molecule has 0 amide bonds. The Hall–Kier alpha value is -3.23. The first-order valence-corrected chi connectivity index (χ1v) is 10.3. The van der Waals surface area contributed by atoms with Crippen LogP contribution in [0.4, 0.5) is 11.8 Å². The molecule has 1 aliphatic rings. The SMILES string of the molecule is CCCC(=O)O[C@H](C)c1nccc(N2CCN(c3nc4ccncc4o3)[C@@H](C)C2)n1. The zero-order valence-corrected chi connectivity index (χ0v) is 17.5. The zero-order chi connectivity index (χ0) is 21.1. The lowest BCUT2D eigenvalue weighted by molar-refractivity contribution is -0.149. The fourth-order valence-electron chi connectivity index (χ4n) is 3.59. The van der Waals surface area contributed by atoms with Gasteiger partial charge in [-0.25, -0.2) is 9.97 Å². The van der Waals surface area contributed by atoms with Crippen LogP contribution in [0.15, 0.2) is 35.1 Å². The van der Waals surface area contributed by atoms with Crippen LogP contribution in [0.5, 0.6) is 0 Å². The maximum Gasteiger partial charge on any atom is 0.306 e. The Kier molecular flexibility index (Phi) is 5.78.